The predicted molar refractivity (Wildman–Crippen MR) is 90.3 cm³/mol. The van der Waals surface area contributed by atoms with Crippen molar-refractivity contribution in [3.63, 3.8) is 0 Å². The van der Waals surface area contributed by atoms with Gasteiger partial charge in [-0.25, -0.2) is 4.79 Å². The Morgan fingerprint density at radius 2 is 2.12 bits per heavy atom. The second-order valence-electron chi connectivity index (χ2n) is 6.00. The van der Waals surface area contributed by atoms with E-state index in [1.165, 1.54) is 0 Å². The molecule has 0 saturated carbocycles. The molecule has 2 aromatic rings. The van der Waals surface area contributed by atoms with Crippen LogP contribution in [0.4, 0.5) is 0 Å². The number of carboxylic acids is 1. The molecule has 0 radical (unpaired) electrons. The Morgan fingerprint density at radius 1 is 1.32 bits per heavy atom. The second-order valence-corrected chi connectivity index (χ2v) is 6.00. The number of rotatable bonds is 6. The lowest BCUT2D eigenvalue weighted by atomic mass is 10.1. The van der Waals surface area contributed by atoms with E-state index < -0.39 is 5.97 Å². The summed E-state index contributed by atoms with van der Waals surface area (Å²) in [7, 11) is 0. The molecule has 2 heterocycles. The second kappa shape index (κ2) is 8.04. The van der Waals surface area contributed by atoms with Gasteiger partial charge in [-0.3, -0.25) is 14.9 Å². The quantitative estimate of drug-likeness (QED) is 0.856. The third-order valence-electron chi connectivity index (χ3n) is 3.97. The summed E-state index contributed by atoms with van der Waals surface area (Å²) in [6.07, 6.45) is 3.46. The van der Waals surface area contributed by atoms with Gasteiger partial charge in [0.25, 0.3) is 0 Å². The summed E-state index contributed by atoms with van der Waals surface area (Å²) < 4.78 is 11.0. The molecule has 7 nitrogen and oxygen atoms in total. The monoisotopic (exact) mass is 343 g/mol. The number of morpholine rings is 1. The van der Waals surface area contributed by atoms with Crippen molar-refractivity contribution in [3.8, 4) is 5.75 Å². The van der Waals surface area contributed by atoms with Crippen molar-refractivity contribution in [2.45, 2.75) is 19.6 Å². The summed E-state index contributed by atoms with van der Waals surface area (Å²) >= 11 is 0. The Hall–Kier alpha value is -2.51. The zero-order valence-corrected chi connectivity index (χ0v) is 14.1. The molecule has 1 aliphatic rings. The molecule has 1 N–H and O–H groups in total. The van der Waals surface area contributed by atoms with Crippen molar-refractivity contribution >= 4 is 5.97 Å². The van der Waals surface area contributed by atoms with Crippen LogP contribution in [0.3, 0.4) is 0 Å². The lowest BCUT2D eigenvalue weighted by Gasteiger charge is -2.32. The van der Waals surface area contributed by atoms with E-state index in [2.05, 4.69) is 14.9 Å². The van der Waals surface area contributed by atoms with Crippen molar-refractivity contribution in [1.29, 1.82) is 0 Å². The van der Waals surface area contributed by atoms with Gasteiger partial charge >= 0.3 is 5.97 Å². The Morgan fingerprint density at radius 3 is 2.80 bits per heavy atom. The number of nitrogens with zero attached hydrogens (tertiary/aromatic N) is 3. The summed E-state index contributed by atoms with van der Waals surface area (Å²) in [6, 6.07) is 7.49. The number of aryl methyl sites for hydroxylation is 1. The van der Waals surface area contributed by atoms with Crippen molar-refractivity contribution in [2.75, 3.05) is 26.3 Å². The lowest BCUT2D eigenvalue weighted by molar-refractivity contribution is -0.139. The molecule has 0 amide bonds. The topological polar surface area (TPSA) is 84.8 Å². The zero-order valence-electron chi connectivity index (χ0n) is 14.1. The molecule has 132 valence electrons. The third kappa shape index (κ3) is 4.98. The fraction of sp³-hybridized carbons (Fsp3) is 0.389. The van der Waals surface area contributed by atoms with Crippen LogP contribution in [0.1, 0.15) is 23.1 Å². The maximum Gasteiger partial charge on any atom is 0.341 e. The molecule has 0 unspecified atom stereocenters. The number of carboxylic acid groups (broad SMARTS) is 1. The maximum absolute atomic E-state index is 10.5. The number of aromatic nitrogens is 2. The number of aliphatic carboxylic acids is 1. The molecule has 1 aromatic carbocycles. The minimum absolute atomic E-state index is 0.0694. The van der Waals surface area contributed by atoms with Gasteiger partial charge in [0.2, 0.25) is 0 Å². The summed E-state index contributed by atoms with van der Waals surface area (Å²) in [5, 5.41) is 8.63. The average Bonchev–Trinajstić information content (AvgIpc) is 2.62. The molecule has 1 atom stereocenters. The number of hydrogen-bond donors (Lipinski definition) is 1. The van der Waals surface area contributed by atoms with E-state index in [-0.39, 0.29) is 12.7 Å². The molecule has 1 saturated heterocycles. The molecular weight excluding hydrogens is 322 g/mol. The van der Waals surface area contributed by atoms with Crippen molar-refractivity contribution in [2.24, 2.45) is 0 Å². The van der Waals surface area contributed by atoms with E-state index in [0.717, 1.165) is 36.6 Å². The van der Waals surface area contributed by atoms with Crippen molar-refractivity contribution in [3.05, 3.63) is 53.6 Å². The van der Waals surface area contributed by atoms with Gasteiger partial charge in [-0.2, -0.15) is 0 Å². The van der Waals surface area contributed by atoms with Gasteiger partial charge in [-0.15, -0.1) is 0 Å². The highest BCUT2D eigenvalue weighted by molar-refractivity contribution is 5.68. The highest BCUT2D eigenvalue weighted by atomic mass is 16.5. The highest BCUT2D eigenvalue weighted by Crippen LogP contribution is 2.22. The smallest absolute Gasteiger partial charge is 0.341 e. The summed E-state index contributed by atoms with van der Waals surface area (Å²) in [5.41, 5.74) is 2.88. The van der Waals surface area contributed by atoms with Crippen LogP contribution < -0.4 is 4.74 Å². The van der Waals surface area contributed by atoms with Gasteiger partial charge in [-0.05, 0) is 24.6 Å². The third-order valence-corrected chi connectivity index (χ3v) is 3.97. The predicted octanol–water partition coefficient (Wildman–Crippen LogP) is 1.82. The fourth-order valence-electron chi connectivity index (χ4n) is 2.69. The largest absolute Gasteiger partial charge is 0.482 e. The first kappa shape index (κ1) is 17.3. The van der Waals surface area contributed by atoms with Crippen LogP contribution in [-0.4, -0.2) is 52.2 Å². The average molecular weight is 343 g/mol. The summed E-state index contributed by atoms with van der Waals surface area (Å²) in [4.78, 5) is 21.5. The molecule has 0 bridgehead atoms. The van der Waals surface area contributed by atoms with Gasteiger partial charge < -0.3 is 14.6 Å². The fourth-order valence-corrected chi connectivity index (χ4v) is 2.69. The molecule has 1 aliphatic heterocycles. The van der Waals surface area contributed by atoms with Gasteiger partial charge in [0.15, 0.2) is 6.61 Å². The Kier molecular flexibility index (Phi) is 5.57. The summed E-state index contributed by atoms with van der Waals surface area (Å²) in [6.45, 7) is 4.64. The zero-order chi connectivity index (χ0) is 17.6. The Balaban J connectivity index is 1.57. The van der Waals surface area contributed by atoms with E-state index >= 15 is 0 Å². The van der Waals surface area contributed by atoms with Crippen molar-refractivity contribution in [1.82, 2.24) is 14.9 Å². The number of carbonyl (C=O) groups is 1. The van der Waals surface area contributed by atoms with Crippen LogP contribution >= 0.6 is 0 Å². The van der Waals surface area contributed by atoms with E-state index in [0.29, 0.717) is 12.4 Å². The molecule has 7 heteroatoms. The first-order valence-corrected chi connectivity index (χ1v) is 8.16. The van der Waals surface area contributed by atoms with Crippen LogP contribution in [0.5, 0.6) is 5.75 Å². The molecular formula is C18H21N3O4. The van der Waals surface area contributed by atoms with Crippen LogP contribution in [0, 0.1) is 6.92 Å². The SMILES string of the molecule is Cc1cnc([C@@H]2CN(Cc3ccc(OCC(=O)O)cc3)CCO2)cn1. The van der Waals surface area contributed by atoms with Crippen LogP contribution in [0.15, 0.2) is 36.7 Å². The van der Waals surface area contributed by atoms with Gasteiger partial charge in [0, 0.05) is 25.8 Å². The number of hydrogen-bond acceptors (Lipinski definition) is 6. The van der Waals surface area contributed by atoms with Crippen molar-refractivity contribution < 1.29 is 19.4 Å². The molecule has 0 spiro atoms. The molecule has 1 fully saturated rings. The van der Waals surface area contributed by atoms with Crippen LogP contribution in [0.25, 0.3) is 0 Å². The normalized spacial score (nSPS) is 18.0. The maximum atomic E-state index is 10.5. The van der Waals surface area contributed by atoms with E-state index in [1.54, 1.807) is 24.5 Å². The highest BCUT2D eigenvalue weighted by Gasteiger charge is 2.23. The number of ether oxygens (including phenoxy) is 2. The molecule has 1 aromatic heterocycles. The minimum atomic E-state index is -0.984. The van der Waals surface area contributed by atoms with E-state index in [4.69, 9.17) is 14.6 Å². The first-order chi connectivity index (χ1) is 12.1. The first-order valence-electron chi connectivity index (χ1n) is 8.16. The minimum Gasteiger partial charge on any atom is -0.482 e. The lowest BCUT2D eigenvalue weighted by Crippen LogP contribution is -2.38. The van der Waals surface area contributed by atoms with Gasteiger partial charge in [0.1, 0.15) is 11.9 Å². The Labute approximate surface area is 146 Å². The van der Waals surface area contributed by atoms with E-state index in [1.807, 2.05) is 19.1 Å². The van der Waals surface area contributed by atoms with Crippen LogP contribution in [0.2, 0.25) is 0 Å². The molecule has 3 rings (SSSR count). The van der Waals surface area contributed by atoms with Crippen LogP contribution in [-0.2, 0) is 16.1 Å². The Bertz CT molecular complexity index is 703. The van der Waals surface area contributed by atoms with Gasteiger partial charge in [-0.1, -0.05) is 12.1 Å². The standard InChI is InChI=1S/C18H21N3O4/c1-13-8-20-16(9-19-13)17-11-21(6-7-24-17)10-14-2-4-15(5-3-14)25-12-18(22)23/h2-5,8-9,17H,6-7,10-12H2,1H3,(H,22,23)/t17-/m0/s1. The van der Waals surface area contributed by atoms with E-state index in [9.17, 15) is 4.79 Å². The van der Waals surface area contributed by atoms with Gasteiger partial charge in [0.05, 0.1) is 24.2 Å². The molecule has 0 aliphatic carbocycles. The molecule has 25 heavy (non-hydrogen) atoms. The number of benzene rings is 1. The summed E-state index contributed by atoms with van der Waals surface area (Å²) in [5.74, 6) is -0.427.